The molecule has 6 atom stereocenters. The van der Waals surface area contributed by atoms with Crippen molar-refractivity contribution in [3.8, 4) is 0 Å². The topological polar surface area (TPSA) is 52.9 Å². The molecule has 3 aliphatic carbocycles. The normalized spacial score (nSPS) is 53.8. The number of nitrogens with zero attached hydrogens (tertiary/aromatic N) is 1. The molecule has 0 aromatic rings. The van der Waals surface area contributed by atoms with Crippen LogP contribution in [0.5, 0.6) is 0 Å². The highest BCUT2D eigenvalue weighted by atomic mass is 16.5. The fraction of sp³-hybridized carbons (Fsp3) is 0.684. The highest BCUT2D eigenvalue weighted by molar-refractivity contribution is 5.56. The molecule has 1 unspecified atom stereocenters. The summed E-state index contributed by atoms with van der Waals surface area (Å²) in [5.74, 6) is 1.07. The second-order valence-corrected chi connectivity index (χ2v) is 8.45. The maximum absolute atomic E-state index is 10.9. The molecule has 2 N–H and O–H groups in total. The fourth-order valence-corrected chi connectivity index (χ4v) is 6.01. The molecule has 0 amide bonds. The molecule has 2 heterocycles. The Labute approximate surface area is 137 Å². The minimum absolute atomic E-state index is 0.206. The fourth-order valence-electron chi connectivity index (χ4n) is 6.01. The van der Waals surface area contributed by atoms with Crippen molar-refractivity contribution in [1.29, 1.82) is 0 Å². The van der Waals surface area contributed by atoms with E-state index in [0.717, 1.165) is 25.1 Å². The van der Waals surface area contributed by atoms with Crippen LogP contribution in [0.25, 0.3) is 0 Å². The quantitative estimate of drug-likeness (QED) is 0.669. The van der Waals surface area contributed by atoms with Crippen molar-refractivity contribution in [2.75, 3.05) is 13.6 Å². The molecule has 1 saturated heterocycles. The third kappa shape index (κ3) is 1.37. The maximum atomic E-state index is 10.9. The Hall–Kier alpha value is -1.10. The van der Waals surface area contributed by atoms with Crippen LogP contribution in [0.15, 0.2) is 35.1 Å². The van der Waals surface area contributed by atoms with Crippen molar-refractivity contribution in [2.45, 2.75) is 56.5 Å². The molecule has 5 aliphatic rings. The molecule has 5 rings (SSSR count). The summed E-state index contributed by atoms with van der Waals surface area (Å²) in [5, 5.41) is 21.7. The van der Waals surface area contributed by atoms with Crippen LogP contribution in [0, 0.1) is 11.3 Å². The SMILES string of the molecule is CN1CC[C@]23C4=C5O[C@@]2(C)[C@@H](O)C=C[C@H]3[C@H]1CC4=CCC5(C)O. The van der Waals surface area contributed by atoms with Crippen molar-refractivity contribution >= 4 is 0 Å². The van der Waals surface area contributed by atoms with Gasteiger partial charge in [-0.25, -0.2) is 0 Å². The minimum atomic E-state index is -0.964. The standard InChI is InChI=1S/C19H25NO3/c1-17(22)7-6-11-10-13-12-4-5-14(21)18(2)19(12,8-9-20(13)3)15(11)16(17)23-18/h4-6,12-14,21-22H,7-10H2,1-3H3/t12-,13+,14-,17?,18-,19-/m0/s1. The summed E-state index contributed by atoms with van der Waals surface area (Å²) in [6.45, 7) is 4.90. The van der Waals surface area contributed by atoms with Crippen LogP contribution in [0.3, 0.4) is 0 Å². The summed E-state index contributed by atoms with van der Waals surface area (Å²) < 4.78 is 6.45. The Morgan fingerprint density at radius 1 is 1.30 bits per heavy atom. The van der Waals surface area contributed by atoms with E-state index in [1.165, 1.54) is 11.1 Å². The molecule has 124 valence electrons. The van der Waals surface area contributed by atoms with E-state index in [0.29, 0.717) is 18.4 Å². The van der Waals surface area contributed by atoms with Gasteiger partial charge in [-0.15, -0.1) is 0 Å². The average molecular weight is 315 g/mol. The third-order valence-electron chi connectivity index (χ3n) is 7.33. The molecule has 23 heavy (non-hydrogen) atoms. The van der Waals surface area contributed by atoms with Crippen LogP contribution in [0.2, 0.25) is 0 Å². The summed E-state index contributed by atoms with van der Waals surface area (Å²) in [7, 11) is 2.21. The van der Waals surface area contributed by atoms with Gasteiger partial charge in [-0.1, -0.05) is 18.2 Å². The van der Waals surface area contributed by atoms with Gasteiger partial charge in [-0.3, -0.25) is 0 Å². The number of hydrogen-bond donors (Lipinski definition) is 2. The minimum Gasteiger partial charge on any atom is -0.485 e. The van der Waals surface area contributed by atoms with Crippen molar-refractivity contribution in [1.82, 2.24) is 4.90 Å². The maximum Gasteiger partial charge on any atom is 0.146 e. The molecular weight excluding hydrogens is 290 g/mol. The summed E-state index contributed by atoms with van der Waals surface area (Å²) in [6.07, 6.45) is 8.28. The molecule has 2 bridgehead atoms. The van der Waals surface area contributed by atoms with Crippen LogP contribution < -0.4 is 0 Å². The van der Waals surface area contributed by atoms with E-state index >= 15 is 0 Å². The molecule has 1 spiro atoms. The van der Waals surface area contributed by atoms with Crippen LogP contribution >= 0.6 is 0 Å². The number of rotatable bonds is 0. The van der Waals surface area contributed by atoms with E-state index in [4.69, 9.17) is 4.74 Å². The van der Waals surface area contributed by atoms with Crippen LogP contribution in [-0.4, -0.2) is 52.1 Å². The molecule has 0 radical (unpaired) electrons. The lowest BCUT2D eigenvalue weighted by Crippen LogP contribution is -2.67. The lowest BCUT2D eigenvalue weighted by molar-refractivity contribution is -0.166. The zero-order valence-electron chi connectivity index (χ0n) is 14.0. The Kier molecular flexibility index (Phi) is 2.44. The predicted molar refractivity (Wildman–Crippen MR) is 86.6 cm³/mol. The highest BCUT2D eigenvalue weighted by Crippen LogP contribution is 2.69. The van der Waals surface area contributed by atoms with Gasteiger partial charge in [0.15, 0.2) is 0 Å². The smallest absolute Gasteiger partial charge is 0.146 e. The monoisotopic (exact) mass is 315 g/mol. The lowest BCUT2D eigenvalue weighted by atomic mass is 9.47. The van der Waals surface area contributed by atoms with E-state index in [9.17, 15) is 10.2 Å². The Morgan fingerprint density at radius 3 is 2.87 bits per heavy atom. The largest absolute Gasteiger partial charge is 0.485 e. The van der Waals surface area contributed by atoms with Crippen LogP contribution in [0.4, 0.5) is 0 Å². The van der Waals surface area contributed by atoms with Crippen molar-refractivity contribution in [2.24, 2.45) is 11.3 Å². The predicted octanol–water partition coefficient (Wildman–Crippen LogP) is 1.75. The summed E-state index contributed by atoms with van der Waals surface area (Å²) >= 11 is 0. The summed E-state index contributed by atoms with van der Waals surface area (Å²) in [6, 6.07) is 0.452. The number of aliphatic hydroxyl groups excluding tert-OH is 1. The van der Waals surface area contributed by atoms with Gasteiger partial charge in [0.2, 0.25) is 0 Å². The van der Waals surface area contributed by atoms with Crippen molar-refractivity contribution in [3.05, 3.63) is 35.1 Å². The molecule has 0 aromatic carbocycles. The van der Waals surface area contributed by atoms with Gasteiger partial charge in [0, 0.05) is 24.0 Å². The van der Waals surface area contributed by atoms with Gasteiger partial charge in [-0.2, -0.15) is 0 Å². The molecular formula is C19H25NO3. The Bertz CT molecular complexity index is 691. The summed E-state index contributed by atoms with van der Waals surface area (Å²) in [5.41, 5.74) is 0.709. The van der Waals surface area contributed by atoms with Gasteiger partial charge >= 0.3 is 0 Å². The molecule has 2 fully saturated rings. The second kappa shape index (κ2) is 3.93. The van der Waals surface area contributed by atoms with E-state index in [-0.39, 0.29) is 5.41 Å². The number of ether oxygens (including phenoxy) is 1. The van der Waals surface area contributed by atoms with E-state index in [2.05, 4.69) is 24.1 Å². The number of aliphatic hydroxyl groups is 2. The first-order chi connectivity index (χ1) is 10.8. The molecule has 1 saturated carbocycles. The Balaban J connectivity index is 1.82. The Morgan fingerprint density at radius 2 is 2.09 bits per heavy atom. The molecule has 2 aliphatic heterocycles. The first-order valence-corrected chi connectivity index (χ1v) is 8.74. The van der Waals surface area contributed by atoms with Crippen LogP contribution in [0.1, 0.15) is 33.1 Å². The molecule has 0 aromatic heterocycles. The van der Waals surface area contributed by atoms with Gasteiger partial charge < -0.3 is 19.8 Å². The van der Waals surface area contributed by atoms with Gasteiger partial charge in [0.1, 0.15) is 23.1 Å². The lowest BCUT2D eigenvalue weighted by Gasteiger charge is -2.61. The zero-order valence-corrected chi connectivity index (χ0v) is 14.0. The van der Waals surface area contributed by atoms with Crippen molar-refractivity contribution in [3.63, 3.8) is 0 Å². The third-order valence-corrected chi connectivity index (χ3v) is 7.33. The van der Waals surface area contributed by atoms with E-state index < -0.39 is 17.3 Å². The van der Waals surface area contributed by atoms with Crippen LogP contribution in [-0.2, 0) is 4.74 Å². The van der Waals surface area contributed by atoms with Gasteiger partial charge in [0.25, 0.3) is 0 Å². The number of likely N-dealkylation sites (tertiary alicyclic amines) is 1. The highest BCUT2D eigenvalue weighted by Gasteiger charge is 2.72. The van der Waals surface area contributed by atoms with Gasteiger partial charge in [0.05, 0.1) is 5.41 Å². The average Bonchev–Trinajstić information content (AvgIpc) is 2.78. The van der Waals surface area contributed by atoms with E-state index in [1.54, 1.807) is 0 Å². The molecule has 4 nitrogen and oxygen atoms in total. The first-order valence-electron chi connectivity index (χ1n) is 8.74. The van der Waals surface area contributed by atoms with Gasteiger partial charge in [-0.05, 0) is 45.9 Å². The summed E-state index contributed by atoms with van der Waals surface area (Å²) in [4.78, 5) is 2.46. The number of hydrogen-bond acceptors (Lipinski definition) is 4. The van der Waals surface area contributed by atoms with Crippen molar-refractivity contribution < 1.29 is 14.9 Å². The zero-order chi connectivity index (χ0) is 16.2. The number of piperidine rings is 1. The second-order valence-electron chi connectivity index (χ2n) is 8.45. The van der Waals surface area contributed by atoms with E-state index in [1.807, 2.05) is 19.9 Å². The first kappa shape index (κ1) is 14.3. The molecule has 4 heteroatoms.